The van der Waals surface area contributed by atoms with E-state index in [-0.39, 0.29) is 12.5 Å². The number of hydrogen-bond donors (Lipinski definition) is 2. The minimum Gasteiger partial charge on any atom is -0.461 e. The fourth-order valence-corrected chi connectivity index (χ4v) is 4.24. The number of hydrogen-bond acceptors (Lipinski definition) is 4. The number of rotatable bonds is 4. The summed E-state index contributed by atoms with van der Waals surface area (Å²) in [5.74, 6) is -0.553. The second-order valence-corrected chi connectivity index (χ2v) is 8.49. The number of esters is 1. The summed E-state index contributed by atoms with van der Waals surface area (Å²) in [6, 6.07) is 14.6. The number of nitrogens with one attached hydrogen (secondary N) is 1. The predicted octanol–water partition coefficient (Wildman–Crippen LogP) is 4.23. The highest BCUT2D eigenvalue weighted by atomic mass is 79.9. The van der Waals surface area contributed by atoms with Gasteiger partial charge in [0.15, 0.2) is 0 Å². The molecule has 1 saturated heterocycles. The maximum atomic E-state index is 13.2. The van der Waals surface area contributed by atoms with Crippen LogP contribution in [0.5, 0.6) is 0 Å². The molecule has 2 aromatic carbocycles. The highest BCUT2D eigenvalue weighted by Gasteiger charge is 2.37. The number of H-pyrrole nitrogens is 1. The monoisotopic (exact) mass is 470 g/mol. The number of nitrogens with zero attached hydrogens (tertiary/aromatic N) is 1. The average molecular weight is 471 g/mol. The number of likely N-dealkylation sites (tertiary alicyclic amines) is 1. The molecule has 2 heterocycles. The van der Waals surface area contributed by atoms with Gasteiger partial charge in [0.05, 0.1) is 13.2 Å². The minimum atomic E-state index is -1.07. The lowest BCUT2D eigenvalue weighted by molar-refractivity contribution is -0.0289. The molecule has 156 valence electrons. The van der Waals surface area contributed by atoms with E-state index in [4.69, 9.17) is 4.74 Å². The van der Waals surface area contributed by atoms with Crippen molar-refractivity contribution in [1.29, 1.82) is 0 Å². The maximum absolute atomic E-state index is 13.2. The van der Waals surface area contributed by atoms with Crippen molar-refractivity contribution >= 4 is 38.7 Å². The summed E-state index contributed by atoms with van der Waals surface area (Å²) >= 11 is 3.41. The van der Waals surface area contributed by atoms with E-state index in [2.05, 4.69) is 20.9 Å². The van der Waals surface area contributed by atoms with Gasteiger partial charge in [0.25, 0.3) is 5.91 Å². The van der Waals surface area contributed by atoms with Crippen molar-refractivity contribution in [2.24, 2.45) is 0 Å². The van der Waals surface area contributed by atoms with Gasteiger partial charge in [-0.05, 0) is 61.7 Å². The molecule has 1 aliphatic rings. The Balaban J connectivity index is 1.56. The standard InChI is InChI=1S/C23H23BrN2O4/c1-2-30-22(28)20-13-16-12-15(4-9-19(16)25-20)21(27)26-11-3-10-23(29,14-26)17-5-7-18(24)8-6-17/h4-9,12-13,25,29H,2-3,10-11,14H2,1H3. The zero-order chi connectivity index (χ0) is 21.3. The number of aromatic nitrogens is 1. The molecule has 1 fully saturated rings. The number of ether oxygens (including phenoxy) is 1. The largest absolute Gasteiger partial charge is 0.461 e. The smallest absolute Gasteiger partial charge is 0.354 e. The number of piperidine rings is 1. The van der Waals surface area contributed by atoms with E-state index in [0.29, 0.717) is 30.8 Å². The number of aliphatic hydroxyl groups is 1. The van der Waals surface area contributed by atoms with Crippen molar-refractivity contribution in [3.05, 3.63) is 69.8 Å². The van der Waals surface area contributed by atoms with Gasteiger partial charge in [-0.25, -0.2) is 4.79 Å². The number of carbonyl (C=O) groups is 2. The third-order valence-electron chi connectivity index (χ3n) is 5.50. The SMILES string of the molecule is CCOC(=O)c1cc2cc(C(=O)N3CCCC(O)(c4ccc(Br)cc4)C3)ccc2[nH]1. The highest BCUT2D eigenvalue weighted by Crippen LogP contribution is 2.33. The lowest BCUT2D eigenvalue weighted by Gasteiger charge is -2.39. The summed E-state index contributed by atoms with van der Waals surface area (Å²) in [4.78, 5) is 29.8. The summed E-state index contributed by atoms with van der Waals surface area (Å²) in [6.07, 6.45) is 1.33. The van der Waals surface area contributed by atoms with E-state index in [9.17, 15) is 14.7 Å². The molecular formula is C23H23BrN2O4. The van der Waals surface area contributed by atoms with Crippen LogP contribution in [0.1, 0.15) is 46.2 Å². The number of aromatic amines is 1. The van der Waals surface area contributed by atoms with E-state index in [1.165, 1.54) is 0 Å². The van der Waals surface area contributed by atoms with Gasteiger partial charge in [0, 0.05) is 27.5 Å². The van der Waals surface area contributed by atoms with Crippen LogP contribution in [0.15, 0.2) is 53.0 Å². The molecular weight excluding hydrogens is 448 g/mol. The maximum Gasteiger partial charge on any atom is 0.354 e. The number of benzene rings is 2. The molecule has 3 aromatic rings. The Morgan fingerprint density at radius 3 is 2.70 bits per heavy atom. The van der Waals surface area contributed by atoms with Crippen LogP contribution in [-0.2, 0) is 10.3 Å². The summed E-state index contributed by atoms with van der Waals surface area (Å²) in [7, 11) is 0. The summed E-state index contributed by atoms with van der Waals surface area (Å²) in [5, 5.41) is 12.0. The minimum absolute atomic E-state index is 0.133. The fraction of sp³-hybridized carbons (Fsp3) is 0.304. The van der Waals surface area contributed by atoms with Gasteiger partial charge in [0.2, 0.25) is 0 Å². The molecule has 0 spiro atoms. The summed E-state index contributed by atoms with van der Waals surface area (Å²) in [6.45, 7) is 2.89. The average Bonchev–Trinajstić information content (AvgIpc) is 3.17. The van der Waals surface area contributed by atoms with Crippen LogP contribution in [0.4, 0.5) is 0 Å². The van der Waals surface area contributed by atoms with Crippen LogP contribution in [0, 0.1) is 0 Å². The Morgan fingerprint density at radius 2 is 1.97 bits per heavy atom. The molecule has 2 N–H and O–H groups in total. The van der Waals surface area contributed by atoms with E-state index < -0.39 is 11.6 Å². The molecule has 6 nitrogen and oxygen atoms in total. The second-order valence-electron chi connectivity index (χ2n) is 7.57. The molecule has 30 heavy (non-hydrogen) atoms. The van der Waals surface area contributed by atoms with Crippen LogP contribution in [-0.4, -0.2) is 46.6 Å². The first-order chi connectivity index (χ1) is 14.4. The molecule has 1 atom stereocenters. The normalized spacial score (nSPS) is 19.1. The van der Waals surface area contributed by atoms with Crippen molar-refractivity contribution < 1.29 is 19.4 Å². The summed E-state index contributed by atoms with van der Waals surface area (Å²) in [5.41, 5.74) is 1.39. The Morgan fingerprint density at radius 1 is 1.20 bits per heavy atom. The first kappa shape index (κ1) is 20.6. The molecule has 1 aromatic heterocycles. The van der Waals surface area contributed by atoms with E-state index in [1.807, 2.05) is 24.3 Å². The van der Waals surface area contributed by atoms with Crippen LogP contribution >= 0.6 is 15.9 Å². The van der Waals surface area contributed by atoms with Crippen LogP contribution in [0.25, 0.3) is 10.9 Å². The van der Waals surface area contributed by atoms with E-state index >= 15 is 0 Å². The quantitative estimate of drug-likeness (QED) is 0.558. The van der Waals surface area contributed by atoms with Crippen molar-refractivity contribution in [3.8, 4) is 0 Å². The van der Waals surface area contributed by atoms with Gasteiger partial charge >= 0.3 is 5.97 Å². The molecule has 0 bridgehead atoms. The zero-order valence-electron chi connectivity index (χ0n) is 16.7. The fourth-order valence-electron chi connectivity index (χ4n) is 3.97. The highest BCUT2D eigenvalue weighted by molar-refractivity contribution is 9.10. The lowest BCUT2D eigenvalue weighted by Crippen LogP contribution is -2.48. The predicted molar refractivity (Wildman–Crippen MR) is 117 cm³/mol. The van der Waals surface area contributed by atoms with Gasteiger partial charge in [0.1, 0.15) is 11.3 Å². The Kier molecular flexibility index (Phi) is 5.66. The second kappa shape index (κ2) is 8.24. The van der Waals surface area contributed by atoms with Gasteiger partial charge in [-0.3, -0.25) is 4.79 Å². The van der Waals surface area contributed by atoms with Crippen molar-refractivity contribution in [3.63, 3.8) is 0 Å². The van der Waals surface area contributed by atoms with E-state index in [0.717, 1.165) is 27.4 Å². The lowest BCUT2D eigenvalue weighted by atomic mass is 9.85. The number of carbonyl (C=O) groups excluding carboxylic acids is 2. The van der Waals surface area contributed by atoms with Crippen molar-refractivity contribution in [2.45, 2.75) is 25.4 Å². The van der Waals surface area contributed by atoms with Crippen LogP contribution < -0.4 is 0 Å². The number of β-amino-alcohol motifs (C(OH)–C–C–N with tert-alkyl or cyclic N) is 1. The molecule has 7 heteroatoms. The molecule has 0 radical (unpaired) electrons. The van der Waals surface area contributed by atoms with Gasteiger partial charge in [-0.2, -0.15) is 0 Å². The molecule has 1 unspecified atom stereocenters. The topological polar surface area (TPSA) is 82.6 Å². The first-order valence-corrected chi connectivity index (χ1v) is 10.8. The van der Waals surface area contributed by atoms with Gasteiger partial charge < -0.3 is 19.7 Å². The van der Waals surface area contributed by atoms with E-state index in [1.54, 1.807) is 36.1 Å². The van der Waals surface area contributed by atoms with Gasteiger partial charge in [-0.15, -0.1) is 0 Å². The number of amides is 1. The number of halogens is 1. The van der Waals surface area contributed by atoms with Crippen LogP contribution in [0.2, 0.25) is 0 Å². The number of fused-ring (bicyclic) bond motifs is 1. The van der Waals surface area contributed by atoms with Crippen LogP contribution in [0.3, 0.4) is 0 Å². The van der Waals surface area contributed by atoms with Gasteiger partial charge in [-0.1, -0.05) is 28.1 Å². The third kappa shape index (κ3) is 4.00. The Hall–Kier alpha value is -2.64. The first-order valence-electron chi connectivity index (χ1n) is 9.97. The molecule has 1 aliphatic heterocycles. The Labute approximate surface area is 183 Å². The molecule has 4 rings (SSSR count). The molecule has 0 saturated carbocycles. The summed E-state index contributed by atoms with van der Waals surface area (Å²) < 4.78 is 5.97. The zero-order valence-corrected chi connectivity index (χ0v) is 18.2. The van der Waals surface area contributed by atoms with Crippen molar-refractivity contribution in [2.75, 3.05) is 19.7 Å². The Bertz CT molecular complexity index is 1090. The molecule has 0 aliphatic carbocycles. The van der Waals surface area contributed by atoms with Crippen molar-refractivity contribution in [1.82, 2.24) is 9.88 Å². The molecule has 1 amide bonds. The third-order valence-corrected chi connectivity index (χ3v) is 6.03.